The molecule has 0 aromatic heterocycles. The molecule has 0 heterocycles. The van der Waals surface area contributed by atoms with Crippen LogP contribution in [0.3, 0.4) is 0 Å². The van der Waals surface area contributed by atoms with Crippen molar-refractivity contribution in [3.05, 3.63) is 258 Å². The van der Waals surface area contributed by atoms with Crippen molar-refractivity contribution in [1.29, 1.82) is 0 Å². The molecule has 280 valence electrons. The van der Waals surface area contributed by atoms with Gasteiger partial charge in [0.05, 0.1) is 11.1 Å². The van der Waals surface area contributed by atoms with Gasteiger partial charge in [-0.3, -0.25) is 0 Å². The fourth-order valence-electron chi connectivity index (χ4n) is 10.3. The van der Waals surface area contributed by atoms with Crippen molar-refractivity contribution in [3.8, 4) is 44.5 Å². The predicted octanol–water partition coefficient (Wildman–Crippen LogP) is 15.2. The van der Waals surface area contributed by atoms with Crippen molar-refractivity contribution >= 4 is 17.1 Å². The Morgan fingerprint density at radius 1 is 0.305 bits per heavy atom. The van der Waals surface area contributed by atoms with Crippen LogP contribution in [0.2, 0.25) is 0 Å². The van der Waals surface area contributed by atoms with E-state index in [0.717, 1.165) is 17.1 Å². The van der Waals surface area contributed by atoms with Crippen LogP contribution in [-0.2, 0) is 10.8 Å². The van der Waals surface area contributed by atoms with Gasteiger partial charge in [0.15, 0.2) is 0 Å². The van der Waals surface area contributed by atoms with Crippen LogP contribution >= 0.6 is 0 Å². The maximum atomic E-state index is 2.51. The van der Waals surface area contributed by atoms with Crippen LogP contribution < -0.4 is 4.90 Å². The Morgan fingerprint density at radius 3 is 1.34 bits per heavy atom. The highest BCUT2D eigenvalue weighted by Gasteiger charge is 2.46. The van der Waals surface area contributed by atoms with Gasteiger partial charge in [-0.25, -0.2) is 0 Å². The minimum Gasteiger partial charge on any atom is -0.310 e. The van der Waals surface area contributed by atoms with Gasteiger partial charge in [0.1, 0.15) is 0 Å². The lowest BCUT2D eigenvalue weighted by Crippen LogP contribution is -2.33. The summed E-state index contributed by atoms with van der Waals surface area (Å²) in [6.07, 6.45) is 0. The zero-order valence-corrected chi connectivity index (χ0v) is 33.3. The van der Waals surface area contributed by atoms with Crippen molar-refractivity contribution < 1.29 is 0 Å². The molecule has 1 nitrogen and oxygen atoms in total. The third-order valence-electron chi connectivity index (χ3n) is 13.0. The van der Waals surface area contributed by atoms with Crippen LogP contribution in [0.4, 0.5) is 17.1 Å². The van der Waals surface area contributed by atoms with Crippen molar-refractivity contribution in [2.24, 2.45) is 0 Å². The summed E-state index contributed by atoms with van der Waals surface area (Å²) in [4.78, 5) is 2.51. The largest absolute Gasteiger partial charge is 0.310 e. The topological polar surface area (TPSA) is 3.24 Å². The minimum atomic E-state index is -0.697. The van der Waals surface area contributed by atoms with Crippen LogP contribution in [0.25, 0.3) is 44.5 Å². The molecule has 0 amide bonds. The number of hydrogen-bond acceptors (Lipinski definition) is 1. The first-order valence-electron chi connectivity index (χ1n) is 20.7. The normalized spacial score (nSPS) is 13.9. The predicted molar refractivity (Wildman–Crippen MR) is 247 cm³/mol. The fourth-order valence-corrected chi connectivity index (χ4v) is 10.3. The molecule has 0 spiro atoms. The van der Waals surface area contributed by atoms with E-state index in [1.54, 1.807) is 0 Å². The second-order valence-corrected chi connectivity index (χ2v) is 16.4. The number of benzene rings is 9. The Morgan fingerprint density at radius 2 is 0.729 bits per heavy atom. The van der Waals surface area contributed by atoms with Gasteiger partial charge < -0.3 is 4.90 Å². The summed E-state index contributed by atoms with van der Waals surface area (Å²) >= 11 is 0. The molecule has 0 saturated carbocycles. The Balaban J connectivity index is 1.24. The molecule has 2 aliphatic carbocycles. The first-order chi connectivity index (χ1) is 29.0. The molecule has 1 heteroatoms. The number of fused-ring (bicyclic) bond motifs is 8. The number of nitrogens with zero attached hydrogens (tertiary/aromatic N) is 1. The van der Waals surface area contributed by atoms with Crippen LogP contribution in [0.5, 0.6) is 0 Å². The summed E-state index contributed by atoms with van der Waals surface area (Å²) in [5.41, 5.74) is 20.3. The third kappa shape index (κ3) is 5.31. The lowest BCUT2D eigenvalue weighted by atomic mass is 9.63. The summed E-state index contributed by atoms with van der Waals surface area (Å²) in [6.45, 7) is 4.71. The lowest BCUT2D eigenvalue weighted by Gasteiger charge is -2.41. The molecule has 0 unspecified atom stereocenters. The van der Waals surface area contributed by atoms with Crippen molar-refractivity contribution in [3.63, 3.8) is 0 Å². The van der Waals surface area contributed by atoms with Crippen molar-refractivity contribution in [1.82, 2.24) is 0 Å². The molecule has 0 radical (unpaired) electrons. The van der Waals surface area contributed by atoms with Gasteiger partial charge in [0, 0.05) is 16.8 Å². The standard InChI is InChI=1S/C58H43N/c1-57(2)51-28-14-11-27-49(51)50-39-44(37-38-52(50)57)59(43-35-33-41(34-36-43)40-19-5-3-6-20-40)56-32-18-17-31-55(56)58(42-21-7-4-8-22-42)53-29-15-12-25-47(53)45-23-9-10-24-46(45)48-26-13-16-30-54(48)58/h3-39H,1-2H3. The quantitative estimate of drug-likeness (QED) is 0.163. The Labute approximate surface area is 347 Å². The second-order valence-electron chi connectivity index (χ2n) is 16.4. The molecule has 9 aromatic rings. The first kappa shape index (κ1) is 35.0. The first-order valence-corrected chi connectivity index (χ1v) is 20.7. The van der Waals surface area contributed by atoms with Gasteiger partial charge in [-0.15, -0.1) is 0 Å². The van der Waals surface area contributed by atoms with E-state index >= 15 is 0 Å². The zero-order chi connectivity index (χ0) is 39.6. The Hall–Kier alpha value is -7.22. The van der Waals surface area contributed by atoms with Crippen LogP contribution in [0.1, 0.15) is 47.2 Å². The molecule has 9 aromatic carbocycles. The van der Waals surface area contributed by atoms with E-state index in [2.05, 4.69) is 243 Å². The molecule has 0 saturated heterocycles. The van der Waals surface area contributed by atoms with Gasteiger partial charge in [-0.2, -0.15) is 0 Å². The van der Waals surface area contributed by atoms with E-state index in [0.29, 0.717) is 0 Å². The average molecular weight is 754 g/mol. The van der Waals surface area contributed by atoms with E-state index in [4.69, 9.17) is 0 Å². The lowest BCUT2D eigenvalue weighted by molar-refractivity contribution is 0.660. The summed E-state index contributed by atoms with van der Waals surface area (Å²) in [5.74, 6) is 0. The molecule has 0 bridgehead atoms. The second kappa shape index (κ2) is 13.7. The highest BCUT2D eigenvalue weighted by molar-refractivity contribution is 5.95. The van der Waals surface area contributed by atoms with E-state index < -0.39 is 5.41 Å². The fraction of sp³-hybridized carbons (Fsp3) is 0.0690. The highest BCUT2D eigenvalue weighted by Crippen LogP contribution is 2.58. The van der Waals surface area contributed by atoms with Crippen LogP contribution in [0.15, 0.2) is 224 Å². The SMILES string of the molecule is CC1(C)c2ccccc2-c2cc(N(c3ccc(-c4ccccc4)cc3)c3ccccc3C3(c4ccccc4)c4ccccc4-c4ccccc4-c4ccccc43)ccc21. The van der Waals surface area contributed by atoms with Gasteiger partial charge in [-0.1, -0.05) is 208 Å². The molecule has 0 aliphatic heterocycles. The summed E-state index contributed by atoms with van der Waals surface area (Å²) in [6, 6.07) is 83.4. The van der Waals surface area contributed by atoms with Crippen molar-refractivity contribution in [2.75, 3.05) is 4.90 Å². The molecular formula is C58H43N. The molecule has 11 rings (SSSR count). The number of anilines is 3. The monoisotopic (exact) mass is 753 g/mol. The summed E-state index contributed by atoms with van der Waals surface area (Å²) < 4.78 is 0. The number of rotatable bonds is 6. The molecule has 0 atom stereocenters. The smallest absolute Gasteiger partial charge is 0.0733 e. The minimum absolute atomic E-state index is 0.0926. The van der Waals surface area contributed by atoms with E-state index in [-0.39, 0.29) is 5.41 Å². The molecule has 2 aliphatic rings. The zero-order valence-electron chi connectivity index (χ0n) is 33.3. The van der Waals surface area contributed by atoms with Crippen LogP contribution in [0, 0.1) is 0 Å². The Bertz CT molecular complexity index is 2940. The maximum Gasteiger partial charge on any atom is 0.0733 e. The highest BCUT2D eigenvalue weighted by atomic mass is 15.1. The number of para-hydroxylation sites is 1. The molecule has 0 fully saturated rings. The molecule has 0 N–H and O–H groups in total. The summed E-state index contributed by atoms with van der Waals surface area (Å²) in [7, 11) is 0. The summed E-state index contributed by atoms with van der Waals surface area (Å²) in [5, 5.41) is 0. The van der Waals surface area contributed by atoms with Gasteiger partial charge in [0.2, 0.25) is 0 Å². The number of hydrogen-bond donors (Lipinski definition) is 0. The van der Waals surface area contributed by atoms with Gasteiger partial charge in [-0.05, 0) is 108 Å². The van der Waals surface area contributed by atoms with Gasteiger partial charge >= 0.3 is 0 Å². The third-order valence-corrected chi connectivity index (χ3v) is 13.0. The van der Waals surface area contributed by atoms with E-state index in [9.17, 15) is 0 Å². The molecular weight excluding hydrogens is 711 g/mol. The van der Waals surface area contributed by atoms with Gasteiger partial charge in [0.25, 0.3) is 0 Å². The van der Waals surface area contributed by atoms with E-state index in [1.807, 2.05) is 0 Å². The van der Waals surface area contributed by atoms with E-state index in [1.165, 1.54) is 77.9 Å². The average Bonchev–Trinajstić information content (AvgIpc) is 3.46. The maximum absolute atomic E-state index is 2.51. The van der Waals surface area contributed by atoms with Crippen LogP contribution in [-0.4, -0.2) is 0 Å². The van der Waals surface area contributed by atoms with Crippen molar-refractivity contribution in [2.45, 2.75) is 24.7 Å². The Kier molecular flexibility index (Phi) is 8.13. The molecule has 59 heavy (non-hydrogen) atoms.